The van der Waals surface area contributed by atoms with E-state index in [1.54, 1.807) is 18.2 Å². The highest BCUT2D eigenvalue weighted by molar-refractivity contribution is 6.22. The summed E-state index contributed by atoms with van der Waals surface area (Å²) in [5.74, 6) is -0.130. The molecular formula is C27H27N3O3. The Kier molecular flexibility index (Phi) is 6.29. The van der Waals surface area contributed by atoms with Gasteiger partial charge in [-0.15, -0.1) is 0 Å². The summed E-state index contributed by atoms with van der Waals surface area (Å²) in [6.07, 6.45) is 0. The van der Waals surface area contributed by atoms with Crippen LogP contribution in [0.15, 0.2) is 77.8 Å². The maximum Gasteiger partial charge on any atom is 0.337 e. The lowest BCUT2D eigenvalue weighted by Gasteiger charge is -2.16. The number of aromatic nitrogens is 1. The molecule has 0 aliphatic heterocycles. The van der Waals surface area contributed by atoms with Crippen LogP contribution in [0.1, 0.15) is 46.9 Å². The number of carbonyl (C=O) groups excluding carboxylic acids is 1. The van der Waals surface area contributed by atoms with Crippen LogP contribution in [-0.4, -0.2) is 28.9 Å². The molecule has 1 heterocycles. The number of ether oxygens (including phenoxy) is 1. The zero-order chi connectivity index (χ0) is 23.5. The van der Waals surface area contributed by atoms with Crippen LogP contribution < -0.4 is 5.73 Å². The molecule has 168 valence electrons. The molecule has 0 aliphatic rings. The molecule has 0 bridgehead atoms. The summed E-state index contributed by atoms with van der Waals surface area (Å²) in [6.45, 7) is 4.19. The van der Waals surface area contributed by atoms with Crippen molar-refractivity contribution in [1.29, 1.82) is 0 Å². The number of methoxy groups -OCH3 is 1. The molecule has 1 aromatic heterocycles. The van der Waals surface area contributed by atoms with Crippen molar-refractivity contribution in [1.82, 2.24) is 4.98 Å². The van der Waals surface area contributed by atoms with Gasteiger partial charge in [0, 0.05) is 22.5 Å². The molecule has 0 spiro atoms. The van der Waals surface area contributed by atoms with E-state index in [4.69, 9.17) is 15.5 Å². The molecule has 33 heavy (non-hydrogen) atoms. The number of fused-ring (bicyclic) bond motifs is 1. The van der Waals surface area contributed by atoms with Crippen LogP contribution in [0.2, 0.25) is 0 Å². The van der Waals surface area contributed by atoms with Crippen LogP contribution in [0.4, 0.5) is 5.69 Å². The smallest absolute Gasteiger partial charge is 0.337 e. The number of aromatic amines is 1. The van der Waals surface area contributed by atoms with Gasteiger partial charge in [-0.25, -0.2) is 9.79 Å². The van der Waals surface area contributed by atoms with Crippen LogP contribution >= 0.6 is 0 Å². The van der Waals surface area contributed by atoms with Crippen molar-refractivity contribution >= 4 is 28.3 Å². The standard InChI is InChI=1S/C27H27N3O3/c1-16(2)24(28)17-9-12-20(13-10-17)29-25(18-7-5-4-6-8-18)23-21-14-11-19(27(32)33-3)15-22(21)30-26(23)31/h4-16,24,30-31H,28H2,1-3H3. The van der Waals surface area contributed by atoms with Crippen LogP contribution in [0.5, 0.6) is 5.88 Å². The van der Waals surface area contributed by atoms with E-state index >= 15 is 0 Å². The van der Waals surface area contributed by atoms with Gasteiger partial charge in [-0.1, -0.05) is 62.4 Å². The second-order valence-electron chi connectivity index (χ2n) is 8.29. The minimum Gasteiger partial charge on any atom is -0.494 e. The Balaban J connectivity index is 1.85. The number of aromatic hydroxyl groups is 1. The second kappa shape index (κ2) is 9.30. The number of aliphatic imine (C=N–C) groups is 1. The predicted octanol–water partition coefficient (Wildman–Crippen LogP) is 5.49. The van der Waals surface area contributed by atoms with Crippen LogP contribution in [0.25, 0.3) is 10.9 Å². The fourth-order valence-electron chi connectivity index (χ4n) is 3.81. The average molecular weight is 442 g/mol. The number of nitrogens with two attached hydrogens (primary N) is 1. The Morgan fingerprint density at radius 1 is 1.00 bits per heavy atom. The van der Waals surface area contributed by atoms with Crippen molar-refractivity contribution in [3.63, 3.8) is 0 Å². The van der Waals surface area contributed by atoms with Gasteiger partial charge in [-0.05, 0) is 35.7 Å². The van der Waals surface area contributed by atoms with E-state index in [0.717, 1.165) is 22.2 Å². The van der Waals surface area contributed by atoms with Crippen molar-refractivity contribution in [2.75, 3.05) is 7.11 Å². The molecule has 0 fully saturated rings. The molecule has 3 aromatic carbocycles. The van der Waals surface area contributed by atoms with Gasteiger partial charge < -0.3 is 20.6 Å². The number of nitrogens with one attached hydrogen (secondary N) is 1. The lowest BCUT2D eigenvalue weighted by atomic mass is 9.97. The predicted molar refractivity (Wildman–Crippen MR) is 131 cm³/mol. The first kappa shape index (κ1) is 22.3. The minimum atomic E-state index is -0.441. The number of hydrogen-bond donors (Lipinski definition) is 3. The fourth-order valence-corrected chi connectivity index (χ4v) is 3.81. The van der Waals surface area contributed by atoms with Gasteiger partial charge in [-0.2, -0.15) is 0 Å². The molecule has 6 nitrogen and oxygen atoms in total. The molecule has 4 N–H and O–H groups in total. The first-order valence-corrected chi connectivity index (χ1v) is 10.8. The highest BCUT2D eigenvalue weighted by atomic mass is 16.5. The second-order valence-corrected chi connectivity index (χ2v) is 8.29. The molecule has 0 amide bonds. The van der Waals surface area contributed by atoms with Crippen LogP contribution in [-0.2, 0) is 4.74 Å². The highest BCUT2D eigenvalue weighted by Crippen LogP contribution is 2.32. The monoisotopic (exact) mass is 441 g/mol. The Labute approximate surface area is 192 Å². The Morgan fingerprint density at radius 3 is 2.33 bits per heavy atom. The summed E-state index contributed by atoms with van der Waals surface area (Å²) in [5.41, 5.74) is 11.1. The molecule has 0 saturated carbocycles. The zero-order valence-corrected chi connectivity index (χ0v) is 18.9. The number of nitrogens with zero attached hydrogens (tertiary/aromatic N) is 1. The third kappa shape index (κ3) is 4.52. The molecule has 6 heteroatoms. The average Bonchev–Trinajstić information content (AvgIpc) is 3.17. The number of rotatable bonds is 6. The van der Waals surface area contributed by atoms with E-state index in [1.165, 1.54) is 7.11 Å². The number of hydrogen-bond acceptors (Lipinski definition) is 5. The van der Waals surface area contributed by atoms with Gasteiger partial charge >= 0.3 is 5.97 Å². The van der Waals surface area contributed by atoms with Gasteiger partial charge in [0.1, 0.15) is 0 Å². The summed E-state index contributed by atoms with van der Waals surface area (Å²) in [5, 5.41) is 11.6. The lowest BCUT2D eigenvalue weighted by molar-refractivity contribution is 0.0601. The first-order valence-electron chi connectivity index (χ1n) is 10.8. The molecule has 1 unspecified atom stereocenters. The van der Waals surface area contributed by atoms with Crippen molar-refractivity contribution < 1.29 is 14.6 Å². The van der Waals surface area contributed by atoms with Gasteiger partial charge in [0.05, 0.1) is 29.6 Å². The van der Waals surface area contributed by atoms with E-state index in [9.17, 15) is 9.90 Å². The van der Waals surface area contributed by atoms with Crippen molar-refractivity contribution in [3.8, 4) is 5.88 Å². The summed E-state index contributed by atoms with van der Waals surface area (Å²) >= 11 is 0. The Bertz CT molecular complexity index is 1310. The number of benzene rings is 3. The zero-order valence-electron chi connectivity index (χ0n) is 18.9. The molecular weight excluding hydrogens is 414 g/mol. The van der Waals surface area contributed by atoms with E-state index in [0.29, 0.717) is 28.3 Å². The lowest BCUT2D eigenvalue weighted by Crippen LogP contribution is -2.16. The van der Waals surface area contributed by atoms with Gasteiger partial charge in [0.15, 0.2) is 5.88 Å². The molecule has 1 atom stereocenters. The maximum absolute atomic E-state index is 11.9. The molecule has 4 aromatic rings. The number of carbonyl (C=O) groups is 1. The number of esters is 1. The van der Waals surface area contributed by atoms with Gasteiger partial charge in [0.25, 0.3) is 0 Å². The third-order valence-electron chi connectivity index (χ3n) is 5.72. The highest BCUT2D eigenvalue weighted by Gasteiger charge is 2.20. The van der Waals surface area contributed by atoms with Gasteiger partial charge in [-0.3, -0.25) is 0 Å². The number of H-pyrrole nitrogens is 1. The van der Waals surface area contributed by atoms with Gasteiger partial charge in [0.2, 0.25) is 0 Å². The largest absolute Gasteiger partial charge is 0.494 e. The van der Waals surface area contributed by atoms with Crippen LogP contribution in [0.3, 0.4) is 0 Å². The topological polar surface area (TPSA) is 101 Å². The summed E-state index contributed by atoms with van der Waals surface area (Å²) < 4.78 is 4.81. The van der Waals surface area contributed by atoms with E-state index in [-0.39, 0.29) is 11.9 Å². The fraction of sp³-hybridized carbons (Fsp3) is 0.185. The molecule has 4 rings (SSSR count). The first-order chi connectivity index (χ1) is 15.9. The van der Waals surface area contributed by atoms with Crippen LogP contribution in [0, 0.1) is 5.92 Å². The van der Waals surface area contributed by atoms with Crippen molar-refractivity contribution in [3.05, 3.63) is 95.1 Å². The van der Waals surface area contributed by atoms with Crippen molar-refractivity contribution in [2.45, 2.75) is 19.9 Å². The van der Waals surface area contributed by atoms with Crippen molar-refractivity contribution in [2.24, 2.45) is 16.6 Å². The summed E-state index contributed by atoms with van der Waals surface area (Å²) in [4.78, 5) is 19.8. The Hall–Kier alpha value is -3.90. The molecule has 0 saturated heterocycles. The van der Waals surface area contributed by atoms with E-state index in [1.807, 2.05) is 54.6 Å². The minimum absolute atomic E-state index is 0.0203. The molecule has 0 radical (unpaired) electrons. The Morgan fingerprint density at radius 2 is 1.70 bits per heavy atom. The summed E-state index contributed by atoms with van der Waals surface area (Å²) in [6, 6.07) is 22.6. The molecule has 0 aliphatic carbocycles. The maximum atomic E-state index is 11.9. The van der Waals surface area contributed by atoms with E-state index in [2.05, 4.69) is 18.8 Å². The van der Waals surface area contributed by atoms with E-state index < -0.39 is 5.97 Å². The summed E-state index contributed by atoms with van der Waals surface area (Å²) in [7, 11) is 1.34. The third-order valence-corrected chi connectivity index (χ3v) is 5.72. The SMILES string of the molecule is COC(=O)c1ccc2c(C(=Nc3ccc(C(N)C(C)C)cc3)c3ccccc3)c(O)[nH]c2c1. The normalized spacial score (nSPS) is 12.8. The quantitative estimate of drug-likeness (QED) is 0.272.